The predicted octanol–water partition coefficient (Wildman–Crippen LogP) is 3.74. The molecule has 0 saturated carbocycles. The molecule has 4 aromatic rings. The Kier molecular flexibility index (Phi) is 7.84. The van der Waals surface area contributed by atoms with Crippen LogP contribution < -0.4 is 5.32 Å². The fourth-order valence-corrected chi connectivity index (χ4v) is 4.14. The van der Waals surface area contributed by atoms with Gasteiger partial charge in [-0.15, -0.1) is 0 Å². The number of carbonyl (C=O) groups is 1. The van der Waals surface area contributed by atoms with Crippen LogP contribution in [0.25, 0.3) is 0 Å². The topological polar surface area (TPSA) is 126 Å². The number of benzene rings is 3. The van der Waals surface area contributed by atoms with E-state index in [9.17, 15) is 28.8 Å². The van der Waals surface area contributed by atoms with E-state index < -0.39 is 28.1 Å². The van der Waals surface area contributed by atoms with E-state index in [1.54, 1.807) is 36.2 Å². The molecular formula is C26H24F2N6O4. The van der Waals surface area contributed by atoms with Crippen LogP contribution in [0.5, 0.6) is 0 Å². The van der Waals surface area contributed by atoms with Crippen molar-refractivity contribution in [1.29, 1.82) is 0 Å². The molecule has 0 spiro atoms. The number of amides is 1. The molecule has 12 heteroatoms. The molecule has 4 rings (SSSR count). The van der Waals surface area contributed by atoms with Crippen LogP contribution in [0, 0.1) is 21.7 Å². The third-order valence-corrected chi connectivity index (χ3v) is 5.84. The zero-order valence-electron chi connectivity index (χ0n) is 20.3. The molecule has 1 unspecified atom stereocenters. The van der Waals surface area contributed by atoms with Gasteiger partial charge in [0, 0.05) is 48.1 Å². The Bertz CT molecular complexity index is 1430. The van der Waals surface area contributed by atoms with Gasteiger partial charge in [-0.2, -0.15) is 5.10 Å². The van der Waals surface area contributed by atoms with E-state index in [2.05, 4.69) is 15.4 Å². The van der Waals surface area contributed by atoms with Gasteiger partial charge >= 0.3 is 0 Å². The van der Waals surface area contributed by atoms with Crippen molar-refractivity contribution in [2.75, 3.05) is 18.9 Å². The number of nitro groups is 1. The van der Waals surface area contributed by atoms with Crippen LogP contribution in [0.1, 0.15) is 21.5 Å². The molecular weight excluding hydrogens is 498 g/mol. The zero-order chi connectivity index (χ0) is 27.3. The Morgan fingerprint density at radius 3 is 2.58 bits per heavy atom. The maximum atomic E-state index is 14.7. The maximum absolute atomic E-state index is 14.7. The molecule has 10 nitrogen and oxygen atoms in total. The summed E-state index contributed by atoms with van der Waals surface area (Å²) in [4.78, 5) is 28.5. The lowest BCUT2D eigenvalue weighted by Gasteiger charge is -2.33. The smallest absolute Gasteiger partial charge is 0.270 e. The Morgan fingerprint density at radius 2 is 1.92 bits per heavy atom. The first-order valence-corrected chi connectivity index (χ1v) is 11.5. The van der Waals surface area contributed by atoms with Gasteiger partial charge in [-0.25, -0.2) is 18.4 Å². The minimum atomic E-state index is -1.74. The minimum Gasteiger partial charge on any atom is -0.382 e. The van der Waals surface area contributed by atoms with Gasteiger partial charge in [0.15, 0.2) is 0 Å². The molecule has 1 aromatic heterocycles. The zero-order valence-corrected chi connectivity index (χ0v) is 20.3. The highest BCUT2D eigenvalue weighted by Crippen LogP contribution is 2.28. The first-order chi connectivity index (χ1) is 18.1. The largest absolute Gasteiger partial charge is 0.382 e. The van der Waals surface area contributed by atoms with Gasteiger partial charge in [0.05, 0.1) is 11.5 Å². The van der Waals surface area contributed by atoms with Crippen LogP contribution in [0.2, 0.25) is 0 Å². The molecule has 2 N–H and O–H groups in total. The van der Waals surface area contributed by atoms with E-state index in [1.165, 1.54) is 47.7 Å². The quantitative estimate of drug-likeness (QED) is 0.240. The number of aliphatic hydroxyl groups is 1. The van der Waals surface area contributed by atoms with Crippen molar-refractivity contribution < 1.29 is 23.6 Å². The van der Waals surface area contributed by atoms with Gasteiger partial charge in [-0.3, -0.25) is 19.8 Å². The van der Waals surface area contributed by atoms with Gasteiger partial charge in [-0.05, 0) is 36.9 Å². The van der Waals surface area contributed by atoms with E-state index in [1.807, 2.05) is 0 Å². The lowest BCUT2D eigenvalue weighted by molar-refractivity contribution is -0.384. The Morgan fingerprint density at radius 1 is 1.16 bits per heavy atom. The summed E-state index contributed by atoms with van der Waals surface area (Å²) >= 11 is 0. The molecule has 1 amide bonds. The van der Waals surface area contributed by atoms with Crippen LogP contribution in [0.3, 0.4) is 0 Å². The van der Waals surface area contributed by atoms with E-state index in [4.69, 9.17) is 0 Å². The molecule has 1 heterocycles. The molecule has 0 aliphatic rings. The van der Waals surface area contributed by atoms with Crippen LogP contribution in [0.15, 0.2) is 79.4 Å². The van der Waals surface area contributed by atoms with Crippen LogP contribution in [0.4, 0.5) is 20.2 Å². The minimum absolute atomic E-state index is 0.0132. The third kappa shape index (κ3) is 6.41. The monoisotopic (exact) mass is 522 g/mol. The number of carbonyl (C=O) groups excluding carboxylic acids is 1. The summed E-state index contributed by atoms with van der Waals surface area (Å²) in [6.07, 6.45) is 2.69. The number of rotatable bonds is 10. The van der Waals surface area contributed by atoms with Gasteiger partial charge in [0.1, 0.15) is 29.9 Å². The van der Waals surface area contributed by atoms with Crippen LogP contribution >= 0.6 is 0 Å². The summed E-state index contributed by atoms with van der Waals surface area (Å²) in [5.74, 6) is -2.11. The average Bonchev–Trinajstić information content (AvgIpc) is 3.37. The highest BCUT2D eigenvalue weighted by Gasteiger charge is 2.35. The van der Waals surface area contributed by atoms with Crippen LogP contribution in [-0.2, 0) is 18.7 Å². The number of nitrogens with one attached hydrogen (secondary N) is 1. The molecule has 3 aromatic carbocycles. The highest BCUT2D eigenvalue weighted by molar-refractivity contribution is 6.04. The number of anilines is 1. The Labute approximate surface area is 216 Å². The number of hydrogen-bond donors (Lipinski definition) is 2. The standard InChI is InChI=1S/C26H24F2N6O4/c1-32(14-26(36,15-33-17-29-16-30-33)23-10-7-20(27)12-24(23)28)13-18-5-8-21(9-6-18)31-25(35)19-3-2-4-22(11-19)34(37)38/h2-12,16-17,36H,13-15H2,1H3,(H,31,35). The summed E-state index contributed by atoms with van der Waals surface area (Å²) in [7, 11) is 1.74. The van der Waals surface area contributed by atoms with E-state index in [0.29, 0.717) is 12.2 Å². The van der Waals surface area contributed by atoms with Gasteiger partial charge in [0.25, 0.3) is 11.6 Å². The number of halogens is 2. The summed E-state index contributed by atoms with van der Waals surface area (Å²) in [5, 5.41) is 29.1. The SMILES string of the molecule is CN(Cc1ccc(NC(=O)c2cccc([N+](=O)[O-])c2)cc1)CC(O)(Cn1cncn1)c1ccc(F)cc1F. The second kappa shape index (κ2) is 11.2. The summed E-state index contributed by atoms with van der Waals surface area (Å²) in [6, 6.07) is 15.4. The molecule has 1 atom stereocenters. The van der Waals surface area contributed by atoms with Gasteiger partial charge in [0.2, 0.25) is 0 Å². The van der Waals surface area contributed by atoms with Gasteiger partial charge < -0.3 is 10.4 Å². The number of aromatic nitrogens is 3. The summed E-state index contributed by atoms with van der Waals surface area (Å²) < 4.78 is 29.5. The molecule has 0 aliphatic heterocycles. The van der Waals surface area contributed by atoms with Crippen molar-refractivity contribution in [1.82, 2.24) is 19.7 Å². The van der Waals surface area contributed by atoms with Gasteiger partial charge in [-0.1, -0.05) is 24.3 Å². The van der Waals surface area contributed by atoms with Crippen molar-refractivity contribution in [3.63, 3.8) is 0 Å². The normalized spacial score (nSPS) is 12.8. The summed E-state index contributed by atoms with van der Waals surface area (Å²) in [5.41, 5.74) is -0.511. The van der Waals surface area contributed by atoms with E-state index in [0.717, 1.165) is 17.7 Å². The third-order valence-electron chi connectivity index (χ3n) is 5.84. The van der Waals surface area contributed by atoms with Crippen molar-refractivity contribution >= 4 is 17.3 Å². The van der Waals surface area contributed by atoms with Crippen molar-refractivity contribution in [2.45, 2.75) is 18.7 Å². The molecule has 38 heavy (non-hydrogen) atoms. The molecule has 0 bridgehead atoms. The molecule has 0 aliphatic carbocycles. The predicted molar refractivity (Wildman–Crippen MR) is 134 cm³/mol. The van der Waals surface area contributed by atoms with Crippen molar-refractivity contribution in [2.24, 2.45) is 0 Å². The number of likely N-dealkylation sites (N-methyl/N-ethyl adjacent to an activating group) is 1. The molecule has 0 radical (unpaired) electrons. The fourth-order valence-electron chi connectivity index (χ4n) is 4.14. The molecule has 196 valence electrons. The summed E-state index contributed by atoms with van der Waals surface area (Å²) in [6.45, 7) is 0.241. The first kappa shape index (κ1) is 26.5. The maximum Gasteiger partial charge on any atom is 0.270 e. The van der Waals surface area contributed by atoms with Crippen molar-refractivity contribution in [3.05, 3.63) is 118 Å². The number of hydrogen-bond acceptors (Lipinski definition) is 7. The Hall–Kier alpha value is -4.55. The second-order valence-corrected chi connectivity index (χ2v) is 8.88. The lowest BCUT2D eigenvalue weighted by atomic mass is 9.92. The first-order valence-electron chi connectivity index (χ1n) is 11.5. The van der Waals surface area contributed by atoms with E-state index in [-0.39, 0.29) is 29.9 Å². The number of nitro benzene ring substituents is 1. The second-order valence-electron chi connectivity index (χ2n) is 8.88. The number of nitrogens with zero attached hydrogens (tertiary/aromatic N) is 5. The average molecular weight is 523 g/mol. The molecule has 0 saturated heterocycles. The number of non-ortho nitro benzene ring substituents is 1. The molecule has 0 fully saturated rings. The highest BCUT2D eigenvalue weighted by atomic mass is 19.1. The Balaban J connectivity index is 1.44. The van der Waals surface area contributed by atoms with E-state index >= 15 is 0 Å². The lowest BCUT2D eigenvalue weighted by Crippen LogP contribution is -2.43. The fraction of sp³-hybridized carbons (Fsp3) is 0.192. The van der Waals surface area contributed by atoms with Crippen molar-refractivity contribution in [3.8, 4) is 0 Å². The van der Waals surface area contributed by atoms with Crippen LogP contribution in [-0.4, -0.2) is 49.2 Å².